The third-order valence-electron chi connectivity index (χ3n) is 7.56. The molecule has 0 radical (unpaired) electrons. The number of carboxylic acids is 1. The molecule has 0 spiro atoms. The number of halogens is 7. The quantitative estimate of drug-likeness (QED) is 0.201. The molecular weight excluding hydrogens is 671 g/mol. The molecule has 3 heterocycles. The van der Waals surface area contributed by atoms with Gasteiger partial charge in [-0.2, -0.15) is 22.9 Å². The second-order valence-electron chi connectivity index (χ2n) is 11.4. The molecule has 2 atom stereocenters. The van der Waals surface area contributed by atoms with E-state index in [2.05, 4.69) is 15.1 Å². The zero-order valence-corrected chi connectivity index (χ0v) is 26.3. The SMILES string of the molecule is CCC(NS(=O)(=O)c1ccc(-c2sc(-c3noc(CC(C)(C)C(=O)O)n3)nc2CN2CCCC2CF)c(C(F)F)c1F)C(F)(F)F. The number of aromatic nitrogens is 3. The van der Waals surface area contributed by atoms with Gasteiger partial charge in [-0.15, -0.1) is 11.3 Å². The Morgan fingerprint density at radius 1 is 1.24 bits per heavy atom. The molecule has 254 valence electrons. The lowest BCUT2D eigenvalue weighted by atomic mass is 9.90. The molecule has 0 bridgehead atoms. The summed E-state index contributed by atoms with van der Waals surface area (Å²) in [6.45, 7) is 3.57. The highest BCUT2D eigenvalue weighted by Crippen LogP contribution is 2.43. The first kappa shape index (κ1) is 35.7. The fourth-order valence-corrected chi connectivity index (χ4v) is 7.36. The number of nitrogens with one attached hydrogen (secondary N) is 1. The normalized spacial score (nSPS) is 17.2. The lowest BCUT2D eigenvalue weighted by Gasteiger charge is -2.22. The van der Waals surface area contributed by atoms with Crippen molar-refractivity contribution in [2.24, 2.45) is 5.41 Å². The zero-order valence-electron chi connectivity index (χ0n) is 24.7. The number of alkyl halides is 6. The summed E-state index contributed by atoms with van der Waals surface area (Å²) in [5.74, 6) is -3.29. The highest BCUT2D eigenvalue weighted by Gasteiger charge is 2.42. The summed E-state index contributed by atoms with van der Waals surface area (Å²) >= 11 is 0.720. The smallest absolute Gasteiger partial charge is 0.404 e. The van der Waals surface area contributed by atoms with Crippen molar-refractivity contribution in [3.63, 3.8) is 0 Å². The Labute approximate surface area is 263 Å². The van der Waals surface area contributed by atoms with Gasteiger partial charge in [0.25, 0.3) is 6.43 Å². The molecule has 19 heteroatoms. The number of likely N-dealkylation sites (tertiary alicyclic amines) is 1. The van der Waals surface area contributed by atoms with Crippen LogP contribution in [0.15, 0.2) is 21.6 Å². The topological polar surface area (TPSA) is 139 Å². The molecule has 0 saturated carbocycles. The first-order valence-corrected chi connectivity index (χ1v) is 16.3. The van der Waals surface area contributed by atoms with Crippen LogP contribution in [-0.4, -0.2) is 71.0 Å². The minimum Gasteiger partial charge on any atom is -0.481 e. The predicted molar refractivity (Wildman–Crippen MR) is 151 cm³/mol. The molecule has 1 fully saturated rings. The van der Waals surface area contributed by atoms with Crippen LogP contribution in [0, 0.1) is 11.2 Å². The monoisotopic (exact) mass is 701 g/mol. The van der Waals surface area contributed by atoms with Gasteiger partial charge in [0.05, 0.1) is 21.5 Å². The Morgan fingerprint density at radius 3 is 2.52 bits per heavy atom. The number of benzene rings is 1. The van der Waals surface area contributed by atoms with E-state index < -0.39 is 81.0 Å². The summed E-state index contributed by atoms with van der Waals surface area (Å²) < 4.78 is 130. The van der Waals surface area contributed by atoms with Crippen LogP contribution in [0.25, 0.3) is 21.3 Å². The molecule has 0 amide bonds. The minimum absolute atomic E-state index is 0.000851. The standard InChI is InChI=1S/C27H30F7N5O5S2/c1-4-17(27(32,33)34)38-46(42,43)16-8-7-14(19(20(16)29)22(30)31)21-15(12-39-9-5-6-13(39)11-28)35-24(45-21)23-36-18(44-37-23)10-26(2,3)25(40)41/h7-8,13,17,22,38H,4-6,9-12H2,1-3H3,(H,40,41). The zero-order chi connectivity index (χ0) is 34.2. The van der Waals surface area contributed by atoms with E-state index in [1.165, 1.54) is 18.6 Å². The molecule has 10 nitrogen and oxygen atoms in total. The van der Waals surface area contributed by atoms with Gasteiger partial charge in [-0.05, 0) is 45.7 Å². The molecule has 2 N–H and O–H groups in total. The summed E-state index contributed by atoms with van der Waals surface area (Å²) in [6.07, 6.45) is -8.38. The number of nitrogens with zero attached hydrogens (tertiary/aromatic N) is 4. The summed E-state index contributed by atoms with van der Waals surface area (Å²) in [6, 6.07) is -1.65. The molecular formula is C27H30F7N5O5S2. The molecule has 3 aromatic rings. The Hall–Kier alpha value is -3.16. The van der Waals surface area contributed by atoms with E-state index in [4.69, 9.17) is 4.52 Å². The van der Waals surface area contributed by atoms with Crippen molar-refractivity contribution in [3.05, 3.63) is 35.1 Å². The van der Waals surface area contributed by atoms with Crippen LogP contribution >= 0.6 is 11.3 Å². The van der Waals surface area contributed by atoms with Crippen LogP contribution < -0.4 is 4.72 Å². The molecule has 2 aromatic heterocycles. The fourth-order valence-electron chi connectivity index (χ4n) is 4.93. The van der Waals surface area contributed by atoms with Gasteiger partial charge in [-0.3, -0.25) is 9.69 Å². The first-order chi connectivity index (χ1) is 21.4. The molecule has 1 saturated heterocycles. The number of hydrogen-bond donors (Lipinski definition) is 2. The summed E-state index contributed by atoms with van der Waals surface area (Å²) in [5, 5.41) is 13.2. The van der Waals surface area contributed by atoms with Crippen molar-refractivity contribution in [3.8, 4) is 21.3 Å². The maximum atomic E-state index is 15.7. The second kappa shape index (κ2) is 13.5. The predicted octanol–water partition coefficient (Wildman–Crippen LogP) is 6.14. The van der Waals surface area contributed by atoms with Crippen LogP contribution in [0.5, 0.6) is 0 Å². The van der Waals surface area contributed by atoms with Gasteiger partial charge in [-0.1, -0.05) is 18.1 Å². The van der Waals surface area contributed by atoms with Gasteiger partial charge >= 0.3 is 12.1 Å². The van der Waals surface area contributed by atoms with Crippen LogP contribution in [-0.2, 0) is 27.8 Å². The van der Waals surface area contributed by atoms with Crippen LogP contribution in [0.4, 0.5) is 30.7 Å². The summed E-state index contributed by atoms with van der Waals surface area (Å²) in [5.41, 5.74) is -3.08. The molecule has 1 aliphatic rings. The van der Waals surface area contributed by atoms with E-state index in [1.807, 2.05) is 0 Å². The number of carbonyl (C=O) groups is 1. The van der Waals surface area contributed by atoms with Gasteiger partial charge in [0, 0.05) is 24.6 Å². The average Bonchev–Trinajstić information content (AvgIpc) is 3.70. The summed E-state index contributed by atoms with van der Waals surface area (Å²) in [7, 11) is -5.25. The van der Waals surface area contributed by atoms with E-state index in [1.54, 1.807) is 4.90 Å². The minimum atomic E-state index is -5.25. The van der Waals surface area contributed by atoms with Gasteiger partial charge < -0.3 is 9.63 Å². The van der Waals surface area contributed by atoms with Crippen LogP contribution in [0.3, 0.4) is 0 Å². The largest absolute Gasteiger partial charge is 0.481 e. The van der Waals surface area contributed by atoms with Crippen LogP contribution in [0.2, 0.25) is 0 Å². The van der Waals surface area contributed by atoms with Gasteiger partial charge in [0.2, 0.25) is 21.7 Å². The Balaban J connectivity index is 1.83. The lowest BCUT2D eigenvalue weighted by molar-refractivity contribution is -0.151. The average molecular weight is 702 g/mol. The van der Waals surface area contributed by atoms with E-state index in [9.17, 15) is 44.7 Å². The summed E-state index contributed by atoms with van der Waals surface area (Å²) in [4.78, 5) is 20.4. The molecule has 1 aromatic carbocycles. The third kappa shape index (κ3) is 7.52. The van der Waals surface area contributed by atoms with Crippen molar-refractivity contribution in [1.82, 2.24) is 24.7 Å². The Morgan fingerprint density at radius 2 is 1.93 bits per heavy atom. The Kier molecular flexibility index (Phi) is 10.5. The van der Waals surface area contributed by atoms with Crippen molar-refractivity contribution in [2.45, 2.75) is 82.6 Å². The molecule has 1 aliphatic heterocycles. The molecule has 0 aliphatic carbocycles. The number of rotatable bonds is 13. The van der Waals surface area contributed by atoms with Crippen molar-refractivity contribution in [2.75, 3.05) is 13.2 Å². The second-order valence-corrected chi connectivity index (χ2v) is 14.0. The molecule has 4 rings (SSSR count). The number of carboxylic acid groups (broad SMARTS) is 1. The number of aliphatic carboxylic acids is 1. The van der Waals surface area contributed by atoms with E-state index in [0.29, 0.717) is 25.5 Å². The lowest BCUT2D eigenvalue weighted by Crippen LogP contribution is -2.45. The van der Waals surface area contributed by atoms with Crippen molar-refractivity contribution >= 4 is 27.3 Å². The van der Waals surface area contributed by atoms with E-state index in [-0.39, 0.29) is 40.3 Å². The fraction of sp³-hybridized carbons (Fsp3) is 0.556. The van der Waals surface area contributed by atoms with Gasteiger partial charge in [-0.25, -0.2) is 31.0 Å². The highest BCUT2D eigenvalue weighted by atomic mass is 32.2. The van der Waals surface area contributed by atoms with Gasteiger partial charge in [0.15, 0.2) is 10.8 Å². The maximum Gasteiger partial charge on any atom is 0.404 e. The van der Waals surface area contributed by atoms with Crippen molar-refractivity contribution in [1.29, 1.82) is 0 Å². The molecule has 2 unspecified atom stereocenters. The molecule has 46 heavy (non-hydrogen) atoms. The van der Waals surface area contributed by atoms with E-state index in [0.717, 1.165) is 24.3 Å². The number of hydrogen-bond acceptors (Lipinski definition) is 9. The number of sulfonamides is 1. The maximum absolute atomic E-state index is 15.7. The van der Waals surface area contributed by atoms with Crippen LogP contribution in [0.1, 0.15) is 63.6 Å². The Bertz CT molecular complexity index is 1680. The number of thiazole rings is 1. The first-order valence-electron chi connectivity index (χ1n) is 14.0. The van der Waals surface area contributed by atoms with E-state index >= 15 is 4.39 Å². The third-order valence-corrected chi connectivity index (χ3v) is 10.2. The highest BCUT2D eigenvalue weighted by molar-refractivity contribution is 7.89. The van der Waals surface area contributed by atoms with Gasteiger partial charge in [0.1, 0.15) is 17.6 Å². The van der Waals surface area contributed by atoms with Crippen molar-refractivity contribution < 1.29 is 53.6 Å².